The third-order valence-corrected chi connectivity index (χ3v) is 2.68. The summed E-state index contributed by atoms with van der Waals surface area (Å²) in [6.07, 6.45) is 5.00. The Balaban J connectivity index is 2.31. The maximum atomic E-state index is 11.7. The van der Waals surface area contributed by atoms with Crippen molar-refractivity contribution in [3.05, 3.63) is 0 Å². The highest BCUT2D eigenvalue weighted by molar-refractivity contribution is 5.77. The van der Waals surface area contributed by atoms with E-state index < -0.39 is 5.97 Å². The Hall–Kier alpha value is -1.14. The van der Waals surface area contributed by atoms with Crippen molar-refractivity contribution in [2.45, 2.75) is 38.5 Å². The minimum Gasteiger partial charge on any atom is -0.356 e. The molecule has 0 bridgehead atoms. The molecule has 1 aliphatic rings. The van der Waals surface area contributed by atoms with Crippen LogP contribution >= 0.6 is 0 Å². The van der Waals surface area contributed by atoms with E-state index in [1.165, 1.54) is 0 Å². The maximum absolute atomic E-state index is 11.7. The van der Waals surface area contributed by atoms with E-state index >= 15 is 0 Å². The molecule has 1 saturated heterocycles. The number of hydrogen-bond acceptors (Lipinski definition) is 5. The molecule has 1 amide bonds. The number of nitrogens with two attached hydrogens (primary N) is 1. The first-order chi connectivity index (χ1) is 7.74. The average molecular weight is 229 g/mol. The van der Waals surface area contributed by atoms with Gasteiger partial charge < -0.3 is 9.74 Å². The van der Waals surface area contributed by atoms with Crippen LogP contribution in [0.3, 0.4) is 0 Å². The highest BCUT2D eigenvalue weighted by atomic mass is 16.7. The predicted octanol–water partition coefficient (Wildman–Crippen LogP) is 0.0907. The quantitative estimate of drug-likeness (QED) is 0.527. The second-order valence-corrected chi connectivity index (χ2v) is 3.89. The van der Waals surface area contributed by atoms with E-state index in [0.29, 0.717) is 13.0 Å². The third-order valence-electron chi connectivity index (χ3n) is 2.68. The summed E-state index contributed by atoms with van der Waals surface area (Å²) < 4.78 is 0. The van der Waals surface area contributed by atoms with Gasteiger partial charge in [0.25, 0.3) is 0 Å². The Morgan fingerprint density at radius 3 is 2.88 bits per heavy atom. The summed E-state index contributed by atoms with van der Waals surface area (Å²) in [5, 5.41) is 0. The average Bonchev–Trinajstić information content (AvgIpc) is 2.23. The lowest BCUT2D eigenvalue weighted by atomic mass is 10.1. The van der Waals surface area contributed by atoms with Gasteiger partial charge in [-0.1, -0.05) is 18.4 Å². The monoisotopic (exact) mass is 229 g/mol. The SMILES string of the molecule is NNOC(=O)CCN1CCCCCCC1=O. The summed E-state index contributed by atoms with van der Waals surface area (Å²) in [4.78, 5) is 28.8. The number of hydrazine groups is 1. The van der Waals surface area contributed by atoms with Crippen LogP contribution in [0.25, 0.3) is 0 Å². The summed E-state index contributed by atoms with van der Waals surface area (Å²) in [5.41, 5.74) is 1.84. The fraction of sp³-hybridized carbons (Fsp3) is 0.800. The van der Waals surface area contributed by atoms with E-state index in [0.717, 1.165) is 32.2 Å². The van der Waals surface area contributed by atoms with Crippen molar-refractivity contribution >= 4 is 11.9 Å². The minimum absolute atomic E-state index is 0.133. The number of nitrogens with one attached hydrogen (secondary N) is 1. The van der Waals surface area contributed by atoms with Crippen LogP contribution in [-0.4, -0.2) is 29.9 Å². The molecule has 0 unspecified atom stereocenters. The Kier molecular flexibility index (Phi) is 5.81. The number of hydrogen-bond donors (Lipinski definition) is 2. The van der Waals surface area contributed by atoms with Crippen molar-refractivity contribution in [3.8, 4) is 0 Å². The largest absolute Gasteiger partial charge is 0.356 e. The topological polar surface area (TPSA) is 84.7 Å². The fourth-order valence-corrected chi connectivity index (χ4v) is 1.79. The number of carbonyl (C=O) groups excluding carboxylic acids is 2. The second kappa shape index (κ2) is 7.19. The highest BCUT2D eigenvalue weighted by Crippen LogP contribution is 2.11. The van der Waals surface area contributed by atoms with E-state index in [2.05, 4.69) is 4.84 Å². The predicted molar refractivity (Wildman–Crippen MR) is 57.7 cm³/mol. The molecule has 0 aromatic rings. The summed E-state index contributed by atoms with van der Waals surface area (Å²) >= 11 is 0. The normalized spacial score (nSPS) is 17.8. The molecule has 0 aromatic heterocycles. The number of rotatable bonds is 4. The van der Waals surface area contributed by atoms with Gasteiger partial charge in [0.15, 0.2) is 0 Å². The highest BCUT2D eigenvalue weighted by Gasteiger charge is 2.16. The molecule has 1 fully saturated rings. The van der Waals surface area contributed by atoms with Gasteiger partial charge in [-0.3, -0.25) is 9.59 Å². The first-order valence-corrected chi connectivity index (χ1v) is 5.67. The molecule has 0 radical (unpaired) electrons. The maximum Gasteiger partial charge on any atom is 0.328 e. The number of carbonyl (C=O) groups is 2. The van der Waals surface area contributed by atoms with Gasteiger partial charge >= 0.3 is 5.97 Å². The molecule has 1 aliphatic heterocycles. The van der Waals surface area contributed by atoms with Gasteiger partial charge in [0.1, 0.15) is 0 Å². The van der Waals surface area contributed by atoms with Crippen molar-refractivity contribution in [3.63, 3.8) is 0 Å². The fourth-order valence-electron chi connectivity index (χ4n) is 1.79. The number of likely N-dealkylation sites (tertiary alicyclic amines) is 1. The zero-order valence-corrected chi connectivity index (χ0v) is 9.41. The molecule has 1 heterocycles. The molecule has 0 atom stereocenters. The molecule has 0 aliphatic carbocycles. The number of nitrogens with zero attached hydrogens (tertiary/aromatic N) is 1. The summed E-state index contributed by atoms with van der Waals surface area (Å²) in [6.45, 7) is 1.15. The van der Waals surface area contributed by atoms with Crippen LogP contribution in [0.5, 0.6) is 0 Å². The molecule has 0 aromatic carbocycles. The zero-order valence-electron chi connectivity index (χ0n) is 9.41. The van der Waals surface area contributed by atoms with Crippen LogP contribution in [0.4, 0.5) is 0 Å². The van der Waals surface area contributed by atoms with Crippen LogP contribution in [0.15, 0.2) is 0 Å². The molecule has 16 heavy (non-hydrogen) atoms. The molecular weight excluding hydrogens is 210 g/mol. The van der Waals surface area contributed by atoms with E-state index in [1.54, 1.807) is 4.90 Å². The van der Waals surface area contributed by atoms with E-state index in [1.807, 2.05) is 5.59 Å². The molecule has 3 N–H and O–H groups in total. The Morgan fingerprint density at radius 1 is 1.38 bits per heavy atom. The van der Waals surface area contributed by atoms with Crippen LogP contribution in [0.1, 0.15) is 38.5 Å². The van der Waals surface area contributed by atoms with Gasteiger partial charge in [-0.25, -0.2) is 5.84 Å². The van der Waals surface area contributed by atoms with Crippen LogP contribution in [0, 0.1) is 0 Å². The first-order valence-electron chi connectivity index (χ1n) is 5.67. The van der Waals surface area contributed by atoms with E-state index in [9.17, 15) is 9.59 Å². The zero-order chi connectivity index (χ0) is 11.8. The van der Waals surface area contributed by atoms with E-state index in [-0.39, 0.29) is 12.3 Å². The third kappa shape index (κ3) is 4.59. The molecule has 6 nitrogen and oxygen atoms in total. The minimum atomic E-state index is -0.447. The molecule has 6 heteroatoms. The lowest BCUT2D eigenvalue weighted by molar-refractivity contribution is -0.152. The summed E-state index contributed by atoms with van der Waals surface area (Å²) in [7, 11) is 0. The van der Waals surface area contributed by atoms with Crippen LogP contribution in [-0.2, 0) is 14.4 Å². The molecule has 0 spiro atoms. The summed E-state index contributed by atoms with van der Waals surface area (Å²) in [6, 6.07) is 0. The van der Waals surface area contributed by atoms with Crippen molar-refractivity contribution < 1.29 is 14.4 Å². The van der Waals surface area contributed by atoms with Crippen molar-refractivity contribution in [1.82, 2.24) is 10.5 Å². The van der Waals surface area contributed by atoms with Gasteiger partial charge in [0.2, 0.25) is 5.91 Å². The van der Waals surface area contributed by atoms with Gasteiger partial charge in [0.05, 0.1) is 6.42 Å². The smallest absolute Gasteiger partial charge is 0.328 e. The molecule has 0 saturated carbocycles. The standard InChI is InChI=1S/C10H19N3O3/c11-12-16-10(15)6-8-13-7-4-2-1-3-5-9(13)14/h12H,1-8,11H2. The summed E-state index contributed by atoms with van der Waals surface area (Å²) in [5.74, 6) is 4.52. The Morgan fingerprint density at radius 2 is 2.12 bits per heavy atom. The van der Waals surface area contributed by atoms with E-state index in [4.69, 9.17) is 5.84 Å². The number of amides is 1. The van der Waals surface area contributed by atoms with Crippen molar-refractivity contribution in [2.24, 2.45) is 5.84 Å². The van der Waals surface area contributed by atoms with Gasteiger partial charge in [-0.2, -0.15) is 0 Å². The van der Waals surface area contributed by atoms with Crippen LogP contribution < -0.4 is 11.4 Å². The van der Waals surface area contributed by atoms with Crippen LogP contribution in [0.2, 0.25) is 0 Å². The lowest BCUT2D eigenvalue weighted by Gasteiger charge is -2.24. The van der Waals surface area contributed by atoms with Crippen molar-refractivity contribution in [1.29, 1.82) is 0 Å². The second-order valence-electron chi connectivity index (χ2n) is 3.89. The van der Waals surface area contributed by atoms with Gasteiger partial charge in [-0.05, 0) is 12.8 Å². The van der Waals surface area contributed by atoms with Crippen molar-refractivity contribution in [2.75, 3.05) is 13.1 Å². The molecule has 92 valence electrons. The molecular formula is C10H19N3O3. The Bertz CT molecular complexity index is 245. The van der Waals surface area contributed by atoms with Gasteiger partial charge in [0, 0.05) is 19.5 Å². The molecule has 1 rings (SSSR count). The lowest BCUT2D eigenvalue weighted by Crippen LogP contribution is -2.36. The Labute approximate surface area is 95.0 Å². The first kappa shape index (κ1) is 12.9. The van der Waals surface area contributed by atoms with Gasteiger partial charge in [-0.15, -0.1) is 0 Å².